The van der Waals surface area contributed by atoms with E-state index in [-0.39, 0.29) is 5.82 Å². The van der Waals surface area contributed by atoms with Crippen LogP contribution in [-0.2, 0) is 12.8 Å². The zero-order chi connectivity index (χ0) is 23.1. The summed E-state index contributed by atoms with van der Waals surface area (Å²) in [7, 11) is 0. The smallest absolute Gasteiger partial charge is 0.417 e. The fourth-order valence-electron chi connectivity index (χ4n) is 2.60. The Hall–Kier alpha value is -2.34. The van der Waals surface area contributed by atoms with Gasteiger partial charge in [-0.2, -0.15) is 18.3 Å². The first-order chi connectivity index (χ1) is 15.3. The lowest BCUT2D eigenvalue weighted by Gasteiger charge is -2.14. The molecule has 0 bridgehead atoms. The number of nitrogens with one attached hydrogen (secondary N) is 1. The largest absolute Gasteiger partial charge is 0.490 e. The van der Waals surface area contributed by atoms with Gasteiger partial charge in [0.25, 0.3) is 0 Å². The van der Waals surface area contributed by atoms with E-state index in [1.165, 1.54) is 12.3 Å². The van der Waals surface area contributed by atoms with Gasteiger partial charge in [-0.25, -0.2) is 4.98 Å². The fraction of sp³-hybridized carbons (Fsp3) is 0.182. The molecule has 168 valence electrons. The van der Waals surface area contributed by atoms with Crippen molar-refractivity contribution in [3.63, 3.8) is 0 Å². The van der Waals surface area contributed by atoms with Crippen LogP contribution in [0.1, 0.15) is 23.6 Å². The van der Waals surface area contributed by atoms with E-state index >= 15 is 0 Å². The maximum atomic E-state index is 12.6. The summed E-state index contributed by atoms with van der Waals surface area (Å²) >= 11 is 5.76. The molecule has 1 heterocycles. The molecule has 1 aromatic heterocycles. The molecule has 0 saturated heterocycles. The molecule has 0 radical (unpaired) electrons. The molecule has 0 amide bonds. The molecule has 0 unspecified atom stereocenters. The molecule has 3 aromatic rings. The third kappa shape index (κ3) is 6.83. The van der Waals surface area contributed by atoms with E-state index < -0.39 is 11.7 Å². The molecule has 0 spiro atoms. The molecule has 2 aromatic carbocycles. The fourth-order valence-corrected chi connectivity index (χ4v) is 3.54. The first kappa shape index (κ1) is 24.3. The summed E-state index contributed by atoms with van der Waals surface area (Å²) in [6.07, 6.45) is -2.17. The molecule has 0 aliphatic heterocycles. The molecule has 32 heavy (non-hydrogen) atoms. The van der Waals surface area contributed by atoms with E-state index in [9.17, 15) is 13.2 Å². The van der Waals surface area contributed by atoms with Gasteiger partial charge in [-0.15, -0.1) is 0 Å². The lowest BCUT2D eigenvalue weighted by atomic mass is 10.2. The van der Waals surface area contributed by atoms with Gasteiger partial charge in [0.15, 0.2) is 11.5 Å². The first-order valence-corrected chi connectivity index (χ1v) is 11.3. The Balaban J connectivity index is 1.71. The molecule has 1 N–H and O–H groups in total. The average Bonchev–Trinajstić information content (AvgIpc) is 2.74. The van der Waals surface area contributed by atoms with Gasteiger partial charge in [-0.1, -0.05) is 12.1 Å². The van der Waals surface area contributed by atoms with Crippen LogP contribution in [0.2, 0.25) is 0 Å². The van der Waals surface area contributed by atoms with Gasteiger partial charge in [0.2, 0.25) is 0 Å². The van der Waals surface area contributed by atoms with Crippen LogP contribution in [0.15, 0.2) is 64.3 Å². The van der Waals surface area contributed by atoms with E-state index in [1.54, 1.807) is 12.1 Å². The second-order valence-electron chi connectivity index (χ2n) is 6.48. The van der Waals surface area contributed by atoms with Crippen molar-refractivity contribution in [2.24, 2.45) is 5.10 Å². The molecule has 0 aliphatic carbocycles. The van der Waals surface area contributed by atoms with Crippen LogP contribution in [0, 0.1) is 3.57 Å². The van der Waals surface area contributed by atoms with Gasteiger partial charge >= 0.3 is 6.18 Å². The number of pyridine rings is 1. The van der Waals surface area contributed by atoms with Gasteiger partial charge in [0.1, 0.15) is 12.4 Å². The van der Waals surface area contributed by atoms with Gasteiger partial charge in [-0.05, 0) is 93.0 Å². The monoisotopic (exact) mass is 619 g/mol. The highest BCUT2D eigenvalue weighted by Gasteiger charge is 2.30. The summed E-state index contributed by atoms with van der Waals surface area (Å²) in [4.78, 5) is 3.71. The van der Waals surface area contributed by atoms with E-state index in [0.717, 1.165) is 21.4 Å². The number of alkyl halides is 3. The van der Waals surface area contributed by atoms with Crippen LogP contribution in [0.5, 0.6) is 11.5 Å². The van der Waals surface area contributed by atoms with E-state index in [2.05, 4.69) is 54.0 Å². The van der Waals surface area contributed by atoms with Crippen LogP contribution in [0.3, 0.4) is 0 Å². The quantitative estimate of drug-likeness (QED) is 0.169. The summed E-state index contributed by atoms with van der Waals surface area (Å²) in [5.41, 5.74) is 3.51. The molecule has 3 rings (SSSR count). The Kier molecular flexibility index (Phi) is 8.35. The Labute approximate surface area is 205 Å². The second kappa shape index (κ2) is 11.0. The highest BCUT2D eigenvalue weighted by atomic mass is 127. The second-order valence-corrected chi connectivity index (χ2v) is 8.58. The summed E-state index contributed by atoms with van der Waals surface area (Å²) in [6, 6.07) is 13.7. The molecule has 5 nitrogen and oxygen atoms in total. The molecule has 0 fully saturated rings. The third-order valence-corrected chi connectivity index (χ3v) is 5.42. The SMILES string of the molecule is CCOc1cc(/C=N\Nc2ccc(C(F)(F)F)cn2)cc(Br)c1OCc1ccc(I)cc1. The molecular formula is C22H18BrF3IN3O2. The van der Waals surface area contributed by atoms with Crippen molar-refractivity contribution in [2.45, 2.75) is 19.7 Å². The Morgan fingerprint density at radius 3 is 2.50 bits per heavy atom. The molecule has 10 heteroatoms. The summed E-state index contributed by atoms with van der Waals surface area (Å²) < 4.78 is 51.4. The minimum atomic E-state index is -4.43. The number of aromatic nitrogens is 1. The number of halogens is 5. The maximum absolute atomic E-state index is 12.6. The zero-order valence-electron chi connectivity index (χ0n) is 16.8. The van der Waals surface area contributed by atoms with Crippen LogP contribution in [0.4, 0.5) is 19.0 Å². The maximum Gasteiger partial charge on any atom is 0.417 e. The molecule has 0 saturated carbocycles. The van der Waals surface area contributed by atoms with Gasteiger partial charge in [-0.3, -0.25) is 5.43 Å². The van der Waals surface area contributed by atoms with Crippen molar-refractivity contribution in [1.29, 1.82) is 0 Å². The Bertz CT molecular complexity index is 1080. The summed E-state index contributed by atoms with van der Waals surface area (Å²) in [5, 5.41) is 4.04. The number of rotatable bonds is 8. The van der Waals surface area contributed by atoms with Crippen molar-refractivity contribution < 1.29 is 22.6 Å². The number of benzene rings is 2. The van der Waals surface area contributed by atoms with E-state index in [1.807, 2.05) is 31.2 Å². The minimum absolute atomic E-state index is 0.191. The third-order valence-electron chi connectivity index (χ3n) is 4.11. The number of anilines is 1. The van der Waals surface area contributed by atoms with Crippen LogP contribution >= 0.6 is 38.5 Å². The van der Waals surface area contributed by atoms with Gasteiger partial charge in [0.05, 0.1) is 22.9 Å². The number of hydrogen-bond donors (Lipinski definition) is 1. The van der Waals surface area contributed by atoms with Crippen molar-refractivity contribution in [3.05, 3.63) is 79.5 Å². The van der Waals surface area contributed by atoms with Gasteiger partial charge < -0.3 is 9.47 Å². The van der Waals surface area contributed by atoms with Crippen LogP contribution < -0.4 is 14.9 Å². The normalized spacial score (nSPS) is 11.6. The molecule has 0 aliphatic rings. The van der Waals surface area contributed by atoms with E-state index in [0.29, 0.717) is 34.7 Å². The molecular weight excluding hydrogens is 602 g/mol. The van der Waals surface area contributed by atoms with Crippen molar-refractivity contribution in [2.75, 3.05) is 12.0 Å². The lowest BCUT2D eigenvalue weighted by Crippen LogP contribution is -2.05. The highest BCUT2D eigenvalue weighted by Crippen LogP contribution is 2.37. The van der Waals surface area contributed by atoms with Crippen molar-refractivity contribution >= 4 is 50.6 Å². The standard InChI is InChI=1S/C22H18BrF3IN3O2/c1-2-31-19-10-15(11-29-30-20-8-5-16(12-28-20)22(24,25)26)9-18(23)21(19)32-13-14-3-6-17(27)7-4-14/h3-12H,2,13H2,1H3,(H,28,30)/b29-11-. The average molecular weight is 620 g/mol. The number of hydrogen-bond acceptors (Lipinski definition) is 5. The lowest BCUT2D eigenvalue weighted by molar-refractivity contribution is -0.137. The first-order valence-electron chi connectivity index (χ1n) is 9.42. The van der Waals surface area contributed by atoms with Crippen LogP contribution in [0.25, 0.3) is 0 Å². The number of hydrazone groups is 1. The number of nitrogens with zero attached hydrogens (tertiary/aromatic N) is 2. The van der Waals surface area contributed by atoms with Crippen molar-refractivity contribution in [3.8, 4) is 11.5 Å². The van der Waals surface area contributed by atoms with Gasteiger partial charge in [0, 0.05) is 9.77 Å². The molecule has 0 atom stereocenters. The van der Waals surface area contributed by atoms with Crippen molar-refractivity contribution in [1.82, 2.24) is 4.98 Å². The summed E-state index contributed by atoms with van der Waals surface area (Å²) in [6.45, 7) is 2.69. The summed E-state index contributed by atoms with van der Waals surface area (Å²) in [5.74, 6) is 1.30. The topological polar surface area (TPSA) is 55.7 Å². The Morgan fingerprint density at radius 2 is 1.88 bits per heavy atom. The highest BCUT2D eigenvalue weighted by molar-refractivity contribution is 14.1. The minimum Gasteiger partial charge on any atom is -0.490 e. The number of ether oxygens (including phenoxy) is 2. The predicted octanol–water partition coefficient (Wildman–Crippen LogP) is 6.89. The predicted molar refractivity (Wildman–Crippen MR) is 129 cm³/mol. The Morgan fingerprint density at radius 1 is 1.12 bits per heavy atom. The van der Waals surface area contributed by atoms with E-state index in [4.69, 9.17) is 9.47 Å². The van der Waals surface area contributed by atoms with Crippen LogP contribution in [-0.4, -0.2) is 17.8 Å². The zero-order valence-corrected chi connectivity index (χ0v) is 20.5.